The van der Waals surface area contributed by atoms with Crippen molar-refractivity contribution >= 4 is 0 Å². The van der Waals surface area contributed by atoms with Crippen LogP contribution < -0.4 is 0 Å². The molecule has 3 aliphatic heterocycles. The van der Waals surface area contributed by atoms with Crippen LogP contribution in [0.3, 0.4) is 0 Å². The fourth-order valence-corrected chi connectivity index (χ4v) is 8.58. The predicted molar refractivity (Wildman–Crippen MR) is 138 cm³/mol. The maximum Gasteiger partial charge on any atom is 0.208 e. The largest absolute Gasteiger partial charge is 0.492 e. The van der Waals surface area contributed by atoms with Crippen molar-refractivity contribution in [3.8, 4) is 0 Å². The number of fused-ring (bicyclic) bond motifs is 4. The van der Waals surface area contributed by atoms with Gasteiger partial charge in [-0.1, -0.05) is 80.9 Å². The zero-order chi connectivity index (χ0) is 25.6. The molecular weight excluding hydrogens is 480 g/mol. The average Bonchev–Trinajstić information content (AvgIpc) is 3.38. The normalized spacial score (nSPS) is 45.2. The molecule has 0 radical (unpaired) electrons. The molecule has 6 nitrogen and oxygen atoms in total. The van der Waals surface area contributed by atoms with Gasteiger partial charge in [0, 0.05) is 23.3 Å². The zero-order valence-electron chi connectivity index (χ0n) is 22.0. The van der Waals surface area contributed by atoms with E-state index in [0.29, 0.717) is 36.9 Å². The van der Waals surface area contributed by atoms with Gasteiger partial charge in [0.25, 0.3) is 0 Å². The van der Waals surface area contributed by atoms with Crippen molar-refractivity contribution in [2.24, 2.45) is 35.5 Å². The SMILES string of the molecule is CCCC1=C(OCc2ccccc2)C2C1(OCc1ccccc1)OC1C(C3C4COC5OC4C3C5C)C12O. The highest BCUT2D eigenvalue weighted by molar-refractivity contribution is 5.48. The van der Waals surface area contributed by atoms with Crippen molar-refractivity contribution in [2.75, 3.05) is 6.61 Å². The van der Waals surface area contributed by atoms with Gasteiger partial charge in [-0.2, -0.15) is 0 Å². The minimum absolute atomic E-state index is 0.0530. The van der Waals surface area contributed by atoms with E-state index in [4.69, 9.17) is 23.7 Å². The average molecular weight is 517 g/mol. The van der Waals surface area contributed by atoms with Gasteiger partial charge < -0.3 is 28.8 Å². The highest BCUT2D eigenvalue weighted by Gasteiger charge is 2.89. The van der Waals surface area contributed by atoms with Crippen LogP contribution in [0.25, 0.3) is 0 Å². The van der Waals surface area contributed by atoms with E-state index in [2.05, 4.69) is 38.1 Å². The van der Waals surface area contributed by atoms with E-state index >= 15 is 0 Å². The standard InChI is InChI=1S/C32H36O6/c1-3-10-22-27(34-15-19-11-6-4-7-12-19)28-31(33)25(24-21-17-35-30-18(2)23(24)26(21)37-30)29(31)38-32(22,28)36-16-20-13-8-5-9-14-20/h4-9,11-14,18,21,23-26,28-30,33H,3,10,15-17H2,1-2H3. The molecule has 200 valence electrons. The second kappa shape index (κ2) is 8.39. The summed E-state index contributed by atoms with van der Waals surface area (Å²) in [5.41, 5.74) is 2.28. The van der Waals surface area contributed by atoms with Crippen molar-refractivity contribution in [1.82, 2.24) is 0 Å². The lowest BCUT2D eigenvalue weighted by Crippen LogP contribution is -2.60. The Morgan fingerprint density at radius 1 is 0.974 bits per heavy atom. The van der Waals surface area contributed by atoms with E-state index in [1.807, 2.05) is 36.4 Å². The van der Waals surface area contributed by atoms with E-state index < -0.39 is 11.4 Å². The first-order valence-corrected chi connectivity index (χ1v) is 14.3. The fourth-order valence-electron chi connectivity index (χ4n) is 8.58. The molecule has 8 rings (SSSR count). The zero-order valence-corrected chi connectivity index (χ0v) is 22.0. The molecule has 0 aromatic heterocycles. The Bertz CT molecular complexity index is 1250. The first kappa shape index (κ1) is 23.6. The number of hydrogen-bond donors (Lipinski definition) is 1. The van der Waals surface area contributed by atoms with Gasteiger partial charge in [-0.25, -0.2) is 0 Å². The summed E-state index contributed by atoms with van der Waals surface area (Å²) in [6, 6.07) is 20.4. The van der Waals surface area contributed by atoms with Crippen molar-refractivity contribution in [3.05, 3.63) is 83.1 Å². The Kier molecular flexibility index (Phi) is 5.22. The molecule has 3 heterocycles. The minimum atomic E-state index is -0.990. The molecule has 3 aliphatic carbocycles. The third kappa shape index (κ3) is 3.01. The second-order valence-corrected chi connectivity index (χ2v) is 12.2. The van der Waals surface area contributed by atoms with Gasteiger partial charge in [0.05, 0.1) is 25.4 Å². The molecule has 11 unspecified atom stereocenters. The molecule has 1 N–H and O–H groups in total. The van der Waals surface area contributed by atoms with Gasteiger partial charge in [0.2, 0.25) is 5.79 Å². The molecule has 0 spiro atoms. The van der Waals surface area contributed by atoms with Crippen molar-refractivity contribution < 1.29 is 28.8 Å². The van der Waals surface area contributed by atoms with Crippen LogP contribution in [0, 0.1) is 35.5 Å². The fraction of sp³-hybridized carbons (Fsp3) is 0.562. The molecule has 2 aromatic rings. The van der Waals surface area contributed by atoms with Crippen molar-refractivity contribution in [3.63, 3.8) is 0 Å². The maximum atomic E-state index is 12.4. The van der Waals surface area contributed by atoms with E-state index in [9.17, 15) is 5.11 Å². The first-order chi connectivity index (χ1) is 18.6. The molecule has 3 saturated heterocycles. The van der Waals surface area contributed by atoms with Crippen LogP contribution in [0.2, 0.25) is 0 Å². The van der Waals surface area contributed by atoms with Gasteiger partial charge in [0.1, 0.15) is 23.9 Å². The molecule has 11 atom stereocenters. The molecule has 6 aliphatic rings. The Labute approximate surface area is 223 Å². The Morgan fingerprint density at radius 3 is 2.39 bits per heavy atom. The van der Waals surface area contributed by atoms with Crippen LogP contribution >= 0.6 is 0 Å². The lowest BCUT2D eigenvalue weighted by molar-refractivity contribution is -0.276. The van der Waals surface area contributed by atoms with E-state index in [-0.39, 0.29) is 30.3 Å². The Balaban J connectivity index is 1.12. The van der Waals surface area contributed by atoms with Gasteiger partial charge in [-0.15, -0.1) is 0 Å². The van der Waals surface area contributed by atoms with Crippen LogP contribution in [-0.2, 0) is 36.9 Å². The minimum Gasteiger partial charge on any atom is -0.492 e. The van der Waals surface area contributed by atoms with Crippen LogP contribution in [0.15, 0.2) is 72.0 Å². The summed E-state index contributed by atoms with van der Waals surface area (Å²) in [5, 5.41) is 12.4. The Hall–Kier alpha value is -2.22. The molecule has 6 heteroatoms. The molecule has 2 bridgehead atoms. The number of aliphatic hydroxyl groups is 1. The maximum absolute atomic E-state index is 12.4. The molecule has 0 amide bonds. The van der Waals surface area contributed by atoms with Crippen molar-refractivity contribution in [2.45, 2.75) is 69.8 Å². The number of ether oxygens (including phenoxy) is 5. The van der Waals surface area contributed by atoms with Crippen molar-refractivity contribution in [1.29, 1.82) is 0 Å². The lowest BCUT2D eigenvalue weighted by Gasteiger charge is -2.53. The summed E-state index contributed by atoms with van der Waals surface area (Å²) in [6.07, 6.45) is 1.68. The first-order valence-electron chi connectivity index (χ1n) is 14.3. The van der Waals surface area contributed by atoms with Crippen LogP contribution in [0.4, 0.5) is 0 Å². The predicted octanol–water partition coefficient (Wildman–Crippen LogP) is 4.81. The summed E-state index contributed by atoms with van der Waals surface area (Å²) in [7, 11) is 0. The highest BCUT2D eigenvalue weighted by Crippen LogP contribution is 2.77. The molecule has 2 aromatic carbocycles. The summed E-state index contributed by atoms with van der Waals surface area (Å²) in [5.74, 6) is 1.11. The molecule has 38 heavy (non-hydrogen) atoms. The number of hydrogen-bond acceptors (Lipinski definition) is 6. The summed E-state index contributed by atoms with van der Waals surface area (Å²) >= 11 is 0. The summed E-state index contributed by atoms with van der Waals surface area (Å²) in [4.78, 5) is 0. The molecular formula is C32H36O6. The van der Waals surface area contributed by atoms with Crippen LogP contribution in [0.5, 0.6) is 0 Å². The van der Waals surface area contributed by atoms with E-state index in [1.54, 1.807) is 0 Å². The third-order valence-corrected chi connectivity index (χ3v) is 10.3. The van der Waals surface area contributed by atoms with E-state index in [1.165, 1.54) is 0 Å². The lowest BCUT2D eigenvalue weighted by atomic mass is 9.56. The summed E-state index contributed by atoms with van der Waals surface area (Å²) in [6.45, 7) is 6.02. The van der Waals surface area contributed by atoms with Gasteiger partial charge >= 0.3 is 0 Å². The van der Waals surface area contributed by atoms with Crippen LogP contribution in [0.1, 0.15) is 37.8 Å². The monoisotopic (exact) mass is 516 g/mol. The smallest absolute Gasteiger partial charge is 0.208 e. The highest BCUT2D eigenvalue weighted by atomic mass is 16.7. The Morgan fingerprint density at radius 2 is 1.68 bits per heavy atom. The number of rotatable bonds is 9. The van der Waals surface area contributed by atoms with Gasteiger partial charge in [-0.3, -0.25) is 0 Å². The topological polar surface area (TPSA) is 66.4 Å². The molecule has 5 fully saturated rings. The molecule has 2 saturated carbocycles. The van der Waals surface area contributed by atoms with Crippen LogP contribution in [-0.4, -0.2) is 41.6 Å². The quantitative estimate of drug-likeness (QED) is 0.516. The third-order valence-electron chi connectivity index (χ3n) is 10.3. The summed E-state index contributed by atoms with van der Waals surface area (Å²) < 4.78 is 32.3. The van der Waals surface area contributed by atoms with Gasteiger partial charge in [-0.05, 0) is 29.4 Å². The van der Waals surface area contributed by atoms with E-state index in [0.717, 1.165) is 41.9 Å². The number of benzene rings is 2. The van der Waals surface area contributed by atoms with Gasteiger partial charge in [0.15, 0.2) is 6.29 Å². The second-order valence-electron chi connectivity index (χ2n) is 12.2.